The van der Waals surface area contributed by atoms with E-state index in [1.54, 1.807) is 35.9 Å². The zero-order valence-electron chi connectivity index (χ0n) is 17.7. The van der Waals surface area contributed by atoms with Crippen molar-refractivity contribution in [2.75, 3.05) is 19.8 Å². The van der Waals surface area contributed by atoms with Crippen molar-refractivity contribution in [1.82, 2.24) is 14.9 Å². The molecule has 1 atom stereocenters. The third-order valence-electron chi connectivity index (χ3n) is 5.36. The molecular formula is C24H27N3O3S. The first kappa shape index (κ1) is 21.5. The fraction of sp³-hybridized carbons (Fsp3) is 0.375. The molecule has 0 N–H and O–H groups in total. The van der Waals surface area contributed by atoms with Crippen LogP contribution in [-0.2, 0) is 17.7 Å². The van der Waals surface area contributed by atoms with Crippen LogP contribution in [-0.4, -0.2) is 46.6 Å². The first-order valence-electron chi connectivity index (χ1n) is 10.6. The SMILES string of the molecule is Cc1ncsc1CCOc1cccc(CN(CC2CCCO2)C(=O)c2cccnc2)c1. The van der Waals surface area contributed by atoms with Gasteiger partial charge in [0.2, 0.25) is 0 Å². The monoisotopic (exact) mass is 437 g/mol. The number of benzene rings is 1. The predicted molar refractivity (Wildman–Crippen MR) is 120 cm³/mol. The van der Waals surface area contributed by atoms with Crippen molar-refractivity contribution in [3.8, 4) is 5.75 Å². The van der Waals surface area contributed by atoms with Gasteiger partial charge in [-0.1, -0.05) is 12.1 Å². The maximum atomic E-state index is 13.2. The lowest BCUT2D eigenvalue weighted by molar-refractivity contribution is 0.0507. The molecule has 1 fully saturated rings. The Balaban J connectivity index is 1.42. The summed E-state index contributed by atoms with van der Waals surface area (Å²) in [6, 6.07) is 11.6. The quantitative estimate of drug-likeness (QED) is 0.500. The predicted octanol–water partition coefficient (Wildman–Crippen LogP) is 4.29. The number of hydrogen-bond acceptors (Lipinski definition) is 6. The Morgan fingerprint density at radius 3 is 3.00 bits per heavy atom. The van der Waals surface area contributed by atoms with Crippen molar-refractivity contribution >= 4 is 17.2 Å². The molecule has 31 heavy (non-hydrogen) atoms. The second-order valence-corrected chi connectivity index (χ2v) is 8.61. The van der Waals surface area contributed by atoms with E-state index >= 15 is 0 Å². The fourth-order valence-corrected chi connectivity index (χ4v) is 4.47. The van der Waals surface area contributed by atoms with E-state index in [4.69, 9.17) is 9.47 Å². The van der Waals surface area contributed by atoms with Gasteiger partial charge in [0.1, 0.15) is 5.75 Å². The number of ether oxygens (including phenoxy) is 2. The number of nitrogens with zero attached hydrogens (tertiary/aromatic N) is 3. The van der Waals surface area contributed by atoms with Crippen LogP contribution < -0.4 is 4.74 Å². The van der Waals surface area contributed by atoms with Crippen molar-refractivity contribution < 1.29 is 14.3 Å². The molecule has 0 spiro atoms. The van der Waals surface area contributed by atoms with E-state index in [2.05, 4.69) is 9.97 Å². The molecule has 0 saturated carbocycles. The van der Waals surface area contributed by atoms with Crippen molar-refractivity contribution in [2.45, 2.75) is 38.8 Å². The van der Waals surface area contributed by atoms with Gasteiger partial charge in [0.25, 0.3) is 5.91 Å². The molecule has 162 valence electrons. The normalized spacial score (nSPS) is 15.7. The second kappa shape index (κ2) is 10.5. The topological polar surface area (TPSA) is 64.6 Å². The van der Waals surface area contributed by atoms with E-state index in [0.717, 1.165) is 42.9 Å². The molecule has 0 radical (unpaired) electrons. The molecule has 1 aliphatic rings. The van der Waals surface area contributed by atoms with Crippen LogP contribution in [0.1, 0.15) is 39.3 Å². The van der Waals surface area contributed by atoms with Gasteiger partial charge < -0.3 is 14.4 Å². The molecule has 0 bridgehead atoms. The molecule has 1 aliphatic heterocycles. The number of hydrogen-bond donors (Lipinski definition) is 0. The molecule has 0 aliphatic carbocycles. The van der Waals surface area contributed by atoms with Gasteiger partial charge in [-0.15, -0.1) is 11.3 Å². The molecule has 1 saturated heterocycles. The Bertz CT molecular complexity index is 986. The lowest BCUT2D eigenvalue weighted by Crippen LogP contribution is -2.37. The Morgan fingerprint density at radius 2 is 2.26 bits per heavy atom. The summed E-state index contributed by atoms with van der Waals surface area (Å²) in [5.41, 5.74) is 4.56. The highest BCUT2D eigenvalue weighted by Gasteiger charge is 2.24. The van der Waals surface area contributed by atoms with Crippen LogP contribution in [0.25, 0.3) is 0 Å². The van der Waals surface area contributed by atoms with E-state index in [1.165, 1.54) is 4.88 Å². The summed E-state index contributed by atoms with van der Waals surface area (Å²) in [7, 11) is 0. The number of amides is 1. The van der Waals surface area contributed by atoms with Gasteiger partial charge >= 0.3 is 0 Å². The Morgan fingerprint density at radius 1 is 1.32 bits per heavy atom. The highest BCUT2D eigenvalue weighted by Crippen LogP contribution is 2.20. The molecule has 6 nitrogen and oxygen atoms in total. The maximum absolute atomic E-state index is 13.2. The molecule has 3 heterocycles. The molecule has 1 unspecified atom stereocenters. The Labute approximate surface area is 186 Å². The number of pyridine rings is 1. The van der Waals surface area contributed by atoms with Crippen molar-refractivity contribution in [2.24, 2.45) is 0 Å². The van der Waals surface area contributed by atoms with Crippen LogP contribution >= 0.6 is 11.3 Å². The maximum Gasteiger partial charge on any atom is 0.255 e. The molecule has 1 aromatic carbocycles. The van der Waals surface area contributed by atoms with Gasteiger partial charge in [0.15, 0.2) is 0 Å². The molecule has 7 heteroatoms. The lowest BCUT2D eigenvalue weighted by atomic mass is 10.1. The number of thiazole rings is 1. The molecule has 4 rings (SSSR count). The number of carbonyl (C=O) groups is 1. The van der Waals surface area contributed by atoms with Gasteiger partial charge in [-0.25, -0.2) is 4.98 Å². The van der Waals surface area contributed by atoms with Crippen molar-refractivity contribution in [1.29, 1.82) is 0 Å². The zero-order chi connectivity index (χ0) is 21.5. The largest absolute Gasteiger partial charge is 0.493 e. The van der Waals surface area contributed by atoms with Crippen LogP contribution in [0.3, 0.4) is 0 Å². The van der Waals surface area contributed by atoms with Crippen LogP contribution in [0.15, 0.2) is 54.3 Å². The average Bonchev–Trinajstić information content (AvgIpc) is 3.46. The van der Waals surface area contributed by atoms with Gasteiger partial charge in [0.05, 0.1) is 29.5 Å². The van der Waals surface area contributed by atoms with Gasteiger partial charge in [0, 0.05) is 43.4 Å². The standard InChI is InChI=1S/C24H27N3O3S/c1-18-23(31-17-26-18)9-12-30-21-7-2-5-19(13-21)15-27(16-22-8-4-11-29-22)24(28)20-6-3-10-25-14-20/h2-3,5-7,10,13-14,17,22H,4,8-9,11-12,15-16H2,1H3. The summed E-state index contributed by atoms with van der Waals surface area (Å²) < 4.78 is 11.8. The summed E-state index contributed by atoms with van der Waals surface area (Å²) in [5.74, 6) is 0.779. The van der Waals surface area contributed by atoms with Crippen LogP contribution in [0.2, 0.25) is 0 Å². The summed E-state index contributed by atoms with van der Waals surface area (Å²) in [6.07, 6.45) is 6.24. The smallest absolute Gasteiger partial charge is 0.255 e. The minimum Gasteiger partial charge on any atom is -0.493 e. The van der Waals surface area contributed by atoms with Crippen LogP contribution in [0.4, 0.5) is 0 Å². The van der Waals surface area contributed by atoms with Gasteiger partial charge in [-0.2, -0.15) is 0 Å². The van der Waals surface area contributed by atoms with Crippen molar-refractivity contribution in [3.63, 3.8) is 0 Å². The molecular weight excluding hydrogens is 410 g/mol. The summed E-state index contributed by atoms with van der Waals surface area (Å²) >= 11 is 1.66. The fourth-order valence-electron chi connectivity index (χ4n) is 3.71. The third kappa shape index (κ3) is 5.89. The highest BCUT2D eigenvalue weighted by atomic mass is 32.1. The number of aryl methyl sites for hydroxylation is 1. The summed E-state index contributed by atoms with van der Waals surface area (Å²) in [6.45, 7) is 4.46. The number of aromatic nitrogens is 2. The lowest BCUT2D eigenvalue weighted by Gasteiger charge is -2.26. The Hall–Kier alpha value is -2.77. The first-order valence-corrected chi connectivity index (χ1v) is 11.5. The third-order valence-corrected chi connectivity index (χ3v) is 6.35. The first-order chi connectivity index (χ1) is 15.2. The summed E-state index contributed by atoms with van der Waals surface area (Å²) in [5, 5.41) is 0. The van der Waals surface area contributed by atoms with E-state index in [9.17, 15) is 4.79 Å². The molecule has 1 amide bonds. The van der Waals surface area contributed by atoms with E-state index in [-0.39, 0.29) is 12.0 Å². The Kier molecular flexibility index (Phi) is 7.27. The van der Waals surface area contributed by atoms with Crippen molar-refractivity contribution in [3.05, 3.63) is 76.0 Å². The zero-order valence-corrected chi connectivity index (χ0v) is 18.5. The van der Waals surface area contributed by atoms with E-state index in [0.29, 0.717) is 25.3 Å². The summed E-state index contributed by atoms with van der Waals surface area (Å²) in [4.78, 5) is 24.6. The van der Waals surface area contributed by atoms with Crippen LogP contribution in [0.5, 0.6) is 5.75 Å². The molecule has 3 aromatic rings. The second-order valence-electron chi connectivity index (χ2n) is 7.67. The van der Waals surface area contributed by atoms with E-state index < -0.39 is 0 Å². The average molecular weight is 438 g/mol. The van der Waals surface area contributed by atoms with E-state index in [1.807, 2.05) is 41.6 Å². The van der Waals surface area contributed by atoms with Gasteiger partial charge in [-0.3, -0.25) is 9.78 Å². The molecule has 2 aromatic heterocycles. The highest BCUT2D eigenvalue weighted by molar-refractivity contribution is 7.09. The van der Waals surface area contributed by atoms with Crippen LogP contribution in [0, 0.1) is 6.92 Å². The minimum atomic E-state index is -0.0319. The van der Waals surface area contributed by atoms with Gasteiger partial charge in [-0.05, 0) is 49.6 Å². The number of rotatable bonds is 9. The number of carbonyl (C=O) groups excluding carboxylic acids is 1. The minimum absolute atomic E-state index is 0.0319.